The Hall–Kier alpha value is -1.52. The van der Waals surface area contributed by atoms with Gasteiger partial charge in [0.1, 0.15) is 19.3 Å². The number of nitrogens with one attached hydrogen (secondary N) is 1. The molecule has 0 aromatic heterocycles. The molecule has 2 rings (SSSR count). The van der Waals surface area contributed by atoms with E-state index in [0.29, 0.717) is 24.1 Å². The molecule has 24 heavy (non-hydrogen) atoms. The fraction of sp³-hybridized carbons (Fsp3) is 0.600. The van der Waals surface area contributed by atoms with Gasteiger partial charge in [0.25, 0.3) is 0 Å². The molecule has 134 valence electrons. The van der Waals surface area contributed by atoms with Gasteiger partial charge in [-0.2, -0.15) is 0 Å². The summed E-state index contributed by atoms with van der Waals surface area (Å²) in [5.74, 6) is 1.39. The van der Waals surface area contributed by atoms with Gasteiger partial charge in [-0.15, -0.1) is 0 Å². The van der Waals surface area contributed by atoms with Gasteiger partial charge in [0.05, 0.1) is 19.7 Å². The molecule has 4 nitrogen and oxygen atoms in total. The third kappa shape index (κ3) is 5.25. The molecule has 0 aliphatic carbocycles. The molecular formula is C20H32NO3+. The highest BCUT2D eigenvalue weighted by Gasteiger charge is 2.26. The molecule has 0 amide bonds. The molecule has 1 aliphatic rings. The summed E-state index contributed by atoms with van der Waals surface area (Å²) >= 11 is 0. The largest absolute Gasteiger partial charge is 0.493 e. The van der Waals surface area contributed by atoms with Gasteiger partial charge in [-0.1, -0.05) is 25.1 Å². The lowest BCUT2D eigenvalue weighted by atomic mass is 10.00. The zero-order chi connectivity index (χ0) is 17.4. The number of aliphatic hydroxyl groups excluding tert-OH is 1. The summed E-state index contributed by atoms with van der Waals surface area (Å²) in [4.78, 5) is 1.52. The predicted molar refractivity (Wildman–Crippen MR) is 97.8 cm³/mol. The van der Waals surface area contributed by atoms with Gasteiger partial charge in [-0.3, -0.25) is 0 Å². The highest BCUT2D eigenvalue weighted by atomic mass is 16.5. The second kappa shape index (κ2) is 9.70. The first-order valence-corrected chi connectivity index (χ1v) is 9.14. The first kappa shape index (κ1) is 18.8. The molecular weight excluding hydrogens is 302 g/mol. The van der Waals surface area contributed by atoms with E-state index < -0.39 is 6.10 Å². The van der Waals surface area contributed by atoms with Crippen LogP contribution in [0.15, 0.2) is 24.3 Å². The minimum Gasteiger partial charge on any atom is -0.493 e. The third-order valence-corrected chi connectivity index (χ3v) is 4.85. The number of hydrogen-bond donors (Lipinski definition) is 2. The lowest BCUT2D eigenvalue weighted by molar-refractivity contribution is -0.933. The second-order valence-electron chi connectivity index (χ2n) is 6.59. The van der Waals surface area contributed by atoms with E-state index in [1.165, 1.54) is 30.6 Å². The number of aliphatic hydroxyl groups is 1. The van der Waals surface area contributed by atoms with Crippen molar-refractivity contribution in [1.82, 2.24) is 0 Å². The van der Waals surface area contributed by atoms with Crippen molar-refractivity contribution in [3.8, 4) is 11.5 Å². The van der Waals surface area contributed by atoms with Crippen molar-refractivity contribution in [3.63, 3.8) is 0 Å². The molecule has 2 N–H and O–H groups in total. The Bertz CT molecular complexity index is 530. The number of rotatable bonds is 8. The maximum absolute atomic E-state index is 10.4. The summed E-state index contributed by atoms with van der Waals surface area (Å²) < 4.78 is 11.2. The molecule has 4 heteroatoms. The van der Waals surface area contributed by atoms with E-state index in [-0.39, 0.29) is 0 Å². The summed E-state index contributed by atoms with van der Waals surface area (Å²) in [6.07, 6.45) is 8.61. The van der Waals surface area contributed by atoms with Crippen molar-refractivity contribution in [1.29, 1.82) is 0 Å². The Morgan fingerprint density at radius 1 is 1.33 bits per heavy atom. The summed E-state index contributed by atoms with van der Waals surface area (Å²) in [5, 5.41) is 10.4. The van der Waals surface area contributed by atoms with Crippen molar-refractivity contribution in [2.75, 3.05) is 26.8 Å². The average molecular weight is 334 g/mol. The number of allylic oxidation sites excluding steroid dienone is 1. The van der Waals surface area contributed by atoms with Crippen LogP contribution in [0.1, 0.15) is 45.1 Å². The minimum atomic E-state index is -0.452. The molecule has 1 fully saturated rings. The first-order valence-electron chi connectivity index (χ1n) is 9.14. The molecule has 0 saturated carbocycles. The SMILES string of the molecule is C/C=C/c1ccc(OC[C@H](O)C[NH+]2CCCC[C@@H]2CC)c(OC)c1. The van der Waals surface area contributed by atoms with E-state index in [2.05, 4.69) is 6.92 Å². The number of piperidine rings is 1. The van der Waals surface area contributed by atoms with Gasteiger partial charge >= 0.3 is 0 Å². The molecule has 1 heterocycles. The Morgan fingerprint density at radius 3 is 2.88 bits per heavy atom. The highest BCUT2D eigenvalue weighted by Crippen LogP contribution is 2.28. The van der Waals surface area contributed by atoms with Crippen molar-refractivity contribution < 1.29 is 19.5 Å². The van der Waals surface area contributed by atoms with Crippen molar-refractivity contribution in [2.24, 2.45) is 0 Å². The fourth-order valence-electron chi connectivity index (χ4n) is 3.56. The van der Waals surface area contributed by atoms with E-state index in [9.17, 15) is 5.11 Å². The molecule has 0 bridgehead atoms. The summed E-state index contributed by atoms with van der Waals surface area (Å²) in [6, 6.07) is 6.53. The summed E-state index contributed by atoms with van der Waals surface area (Å²) in [6.45, 7) is 6.46. The van der Waals surface area contributed by atoms with Gasteiger partial charge in [-0.05, 0) is 50.3 Å². The van der Waals surface area contributed by atoms with Crippen molar-refractivity contribution >= 4 is 6.08 Å². The smallest absolute Gasteiger partial charge is 0.161 e. The topological polar surface area (TPSA) is 43.1 Å². The van der Waals surface area contributed by atoms with Gasteiger partial charge in [0.2, 0.25) is 0 Å². The normalized spacial score (nSPS) is 22.5. The van der Waals surface area contributed by atoms with E-state index >= 15 is 0 Å². The van der Waals surface area contributed by atoms with E-state index in [1.807, 2.05) is 37.3 Å². The maximum atomic E-state index is 10.4. The van der Waals surface area contributed by atoms with Crippen LogP contribution in [0.2, 0.25) is 0 Å². The molecule has 1 aromatic rings. The third-order valence-electron chi connectivity index (χ3n) is 4.85. The molecule has 1 saturated heterocycles. The lowest BCUT2D eigenvalue weighted by Crippen LogP contribution is -3.17. The van der Waals surface area contributed by atoms with E-state index in [1.54, 1.807) is 7.11 Å². The van der Waals surface area contributed by atoms with E-state index in [4.69, 9.17) is 9.47 Å². The maximum Gasteiger partial charge on any atom is 0.161 e. The van der Waals surface area contributed by atoms with E-state index in [0.717, 1.165) is 18.7 Å². The van der Waals surface area contributed by atoms with Crippen LogP contribution < -0.4 is 14.4 Å². The number of methoxy groups -OCH3 is 1. The number of hydrogen-bond acceptors (Lipinski definition) is 3. The monoisotopic (exact) mass is 334 g/mol. The minimum absolute atomic E-state index is 0.305. The number of ether oxygens (including phenoxy) is 2. The standard InChI is InChI=1S/C20H31NO3/c1-4-8-16-10-11-19(20(13-16)23-3)24-15-18(22)14-21-12-7-6-9-17(21)5-2/h4,8,10-11,13,17-18,22H,5-7,9,12,14-15H2,1-3H3/p+1/b8-4+/t17-,18+/m0/s1. The average Bonchev–Trinajstić information content (AvgIpc) is 2.61. The molecule has 0 radical (unpaired) electrons. The fourth-order valence-corrected chi connectivity index (χ4v) is 3.56. The van der Waals surface area contributed by atoms with Gasteiger partial charge < -0.3 is 19.5 Å². The Labute approximate surface area is 146 Å². The molecule has 3 atom stereocenters. The Kier molecular flexibility index (Phi) is 7.60. The van der Waals surface area contributed by atoms with Crippen LogP contribution in [-0.2, 0) is 0 Å². The quantitative estimate of drug-likeness (QED) is 0.767. The second-order valence-corrected chi connectivity index (χ2v) is 6.59. The van der Waals surface area contributed by atoms with Crippen LogP contribution in [0, 0.1) is 0 Å². The Balaban J connectivity index is 1.90. The first-order chi connectivity index (χ1) is 11.7. The van der Waals surface area contributed by atoms with Crippen LogP contribution in [0.3, 0.4) is 0 Å². The number of likely N-dealkylation sites (tertiary alicyclic amines) is 1. The van der Waals surface area contributed by atoms with Crippen LogP contribution in [0.4, 0.5) is 0 Å². The van der Waals surface area contributed by atoms with Crippen LogP contribution >= 0.6 is 0 Å². The molecule has 1 aliphatic heterocycles. The zero-order valence-corrected chi connectivity index (χ0v) is 15.3. The van der Waals surface area contributed by atoms with Crippen LogP contribution in [0.25, 0.3) is 6.08 Å². The number of quaternary nitrogens is 1. The molecule has 1 aromatic carbocycles. The van der Waals surface area contributed by atoms with Gasteiger partial charge in [0.15, 0.2) is 11.5 Å². The predicted octanol–water partition coefficient (Wildman–Crippen LogP) is 2.32. The summed E-state index contributed by atoms with van der Waals surface area (Å²) in [5.41, 5.74) is 1.07. The molecule has 0 spiro atoms. The lowest BCUT2D eigenvalue weighted by Gasteiger charge is -2.33. The summed E-state index contributed by atoms with van der Waals surface area (Å²) in [7, 11) is 1.64. The highest BCUT2D eigenvalue weighted by molar-refractivity contribution is 5.55. The van der Waals surface area contributed by atoms with Crippen molar-refractivity contribution in [3.05, 3.63) is 29.8 Å². The van der Waals surface area contributed by atoms with Crippen LogP contribution in [-0.4, -0.2) is 44.1 Å². The van der Waals surface area contributed by atoms with Gasteiger partial charge in [-0.25, -0.2) is 0 Å². The molecule has 1 unspecified atom stereocenters. The number of benzene rings is 1. The Morgan fingerprint density at radius 2 is 2.17 bits per heavy atom. The van der Waals surface area contributed by atoms with Gasteiger partial charge in [0, 0.05) is 0 Å². The van der Waals surface area contributed by atoms with Crippen molar-refractivity contribution in [2.45, 2.75) is 51.7 Å². The zero-order valence-electron chi connectivity index (χ0n) is 15.3. The van der Waals surface area contributed by atoms with Crippen LogP contribution in [0.5, 0.6) is 11.5 Å².